The van der Waals surface area contributed by atoms with Gasteiger partial charge in [-0.25, -0.2) is 13.6 Å². The Kier molecular flexibility index (Phi) is 3.76. The third-order valence-electron chi connectivity index (χ3n) is 2.57. The molecule has 4 nitrogen and oxygen atoms in total. The fourth-order valence-electron chi connectivity index (χ4n) is 1.61. The first kappa shape index (κ1) is 14.1. The molecule has 0 atom stereocenters. The lowest BCUT2D eigenvalue weighted by Crippen LogP contribution is -2.05. The highest BCUT2D eigenvalue weighted by Gasteiger charge is 2.14. The largest absolute Gasteiger partial charge is 0.478 e. The molecule has 2 aromatic carbocycles. The minimum Gasteiger partial charge on any atom is -0.478 e. The number of halogens is 3. The van der Waals surface area contributed by atoms with Gasteiger partial charge in [-0.2, -0.15) is 0 Å². The van der Waals surface area contributed by atoms with Gasteiger partial charge in [0.15, 0.2) is 0 Å². The number of carbonyl (C=O) groups is 1. The molecule has 2 rings (SSSR count). The number of hydrogen-bond donors (Lipinski definition) is 3. The van der Waals surface area contributed by atoms with E-state index in [1.165, 1.54) is 6.07 Å². The normalized spacial score (nSPS) is 10.3. The first-order valence-electron chi connectivity index (χ1n) is 5.43. The van der Waals surface area contributed by atoms with Crippen LogP contribution in [0.1, 0.15) is 10.4 Å². The maximum atomic E-state index is 13.7. The molecule has 7 heteroatoms. The zero-order valence-corrected chi connectivity index (χ0v) is 10.7. The van der Waals surface area contributed by atoms with Crippen LogP contribution in [0.5, 0.6) is 0 Å². The summed E-state index contributed by atoms with van der Waals surface area (Å²) in [5.41, 5.74) is 4.89. The predicted octanol–water partition coefficient (Wildman–Crippen LogP) is 3.64. The van der Waals surface area contributed by atoms with Crippen molar-refractivity contribution in [2.45, 2.75) is 0 Å². The molecule has 20 heavy (non-hydrogen) atoms. The van der Waals surface area contributed by atoms with Crippen LogP contribution in [0, 0.1) is 11.6 Å². The van der Waals surface area contributed by atoms with Gasteiger partial charge in [-0.15, -0.1) is 0 Å². The van der Waals surface area contributed by atoms with Crippen LogP contribution in [-0.4, -0.2) is 11.1 Å². The van der Waals surface area contributed by atoms with Crippen molar-refractivity contribution in [1.82, 2.24) is 0 Å². The minimum absolute atomic E-state index is 0.117. The topological polar surface area (TPSA) is 75.3 Å². The molecule has 0 radical (unpaired) electrons. The molecule has 0 heterocycles. The van der Waals surface area contributed by atoms with Crippen molar-refractivity contribution in [2.24, 2.45) is 0 Å². The van der Waals surface area contributed by atoms with Crippen molar-refractivity contribution in [3.05, 3.63) is 52.6 Å². The molecule has 104 valence electrons. The first-order valence-corrected chi connectivity index (χ1v) is 5.80. The highest BCUT2D eigenvalue weighted by atomic mass is 35.5. The van der Waals surface area contributed by atoms with E-state index < -0.39 is 17.6 Å². The summed E-state index contributed by atoms with van der Waals surface area (Å²) in [6.45, 7) is 0. The minimum atomic E-state index is -1.30. The molecule has 0 aliphatic heterocycles. The van der Waals surface area contributed by atoms with Gasteiger partial charge in [0.05, 0.1) is 22.0 Å². The van der Waals surface area contributed by atoms with Crippen LogP contribution in [0.4, 0.5) is 25.8 Å². The zero-order valence-electron chi connectivity index (χ0n) is 9.95. The molecule has 4 N–H and O–H groups in total. The standard InChI is InChI=1S/C13H9ClF2N2O2/c14-8-2-1-6(15)3-11(8)18-12-4-7(13(19)20)10(17)5-9(12)16/h1-5,18H,17H2,(H,19,20). The molecule has 0 saturated carbocycles. The van der Waals surface area contributed by atoms with Crippen molar-refractivity contribution in [1.29, 1.82) is 0 Å². The molecular weight excluding hydrogens is 290 g/mol. The van der Waals surface area contributed by atoms with Gasteiger partial charge in [0.25, 0.3) is 0 Å². The highest BCUT2D eigenvalue weighted by Crippen LogP contribution is 2.29. The Morgan fingerprint density at radius 3 is 2.55 bits per heavy atom. The van der Waals surface area contributed by atoms with Gasteiger partial charge >= 0.3 is 5.97 Å². The number of nitrogens with one attached hydrogen (secondary N) is 1. The molecule has 0 fully saturated rings. The lowest BCUT2D eigenvalue weighted by Gasteiger charge is -2.11. The van der Waals surface area contributed by atoms with E-state index in [1.54, 1.807) is 0 Å². The van der Waals surface area contributed by atoms with Gasteiger partial charge < -0.3 is 16.2 Å². The van der Waals surface area contributed by atoms with Gasteiger partial charge in [-0.3, -0.25) is 0 Å². The Hall–Kier alpha value is -2.34. The Labute approximate surface area is 117 Å². The number of aromatic carboxylic acids is 1. The van der Waals surface area contributed by atoms with E-state index in [9.17, 15) is 13.6 Å². The SMILES string of the molecule is Nc1cc(F)c(Nc2cc(F)ccc2Cl)cc1C(=O)O. The molecule has 0 unspecified atom stereocenters. The van der Waals surface area contributed by atoms with Crippen LogP contribution >= 0.6 is 11.6 Å². The lowest BCUT2D eigenvalue weighted by atomic mass is 10.1. The van der Waals surface area contributed by atoms with Crippen molar-refractivity contribution >= 4 is 34.6 Å². The maximum absolute atomic E-state index is 13.7. The van der Waals surface area contributed by atoms with Crippen molar-refractivity contribution in [2.75, 3.05) is 11.1 Å². The summed E-state index contributed by atoms with van der Waals surface area (Å²) in [6, 6.07) is 5.41. The maximum Gasteiger partial charge on any atom is 0.337 e. The van der Waals surface area contributed by atoms with Gasteiger partial charge in [0.1, 0.15) is 11.6 Å². The molecule has 0 bridgehead atoms. The number of carboxylic acids is 1. The lowest BCUT2D eigenvalue weighted by molar-refractivity contribution is 0.0698. The molecule has 0 aromatic heterocycles. The number of nitrogens with two attached hydrogens (primary N) is 1. The zero-order chi connectivity index (χ0) is 14.9. The number of nitrogen functional groups attached to an aromatic ring is 1. The van der Waals surface area contributed by atoms with E-state index in [1.807, 2.05) is 0 Å². The van der Waals surface area contributed by atoms with Gasteiger partial charge in [0.2, 0.25) is 0 Å². The summed E-state index contributed by atoms with van der Waals surface area (Å²) in [7, 11) is 0. The number of rotatable bonds is 3. The number of anilines is 3. The number of hydrogen-bond acceptors (Lipinski definition) is 3. The molecule has 0 aliphatic carbocycles. The van der Waals surface area contributed by atoms with Crippen LogP contribution in [-0.2, 0) is 0 Å². The smallest absolute Gasteiger partial charge is 0.337 e. The van der Waals surface area contributed by atoms with Crippen LogP contribution in [0.15, 0.2) is 30.3 Å². The average Bonchev–Trinajstić information content (AvgIpc) is 2.36. The summed E-state index contributed by atoms with van der Waals surface area (Å²) in [5.74, 6) is -2.63. The van der Waals surface area contributed by atoms with E-state index in [0.29, 0.717) is 0 Å². The van der Waals surface area contributed by atoms with Crippen LogP contribution in [0.25, 0.3) is 0 Å². The summed E-state index contributed by atoms with van der Waals surface area (Å²) in [5, 5.41) is 11.6. The Morgan fingerprint density at radius 1 is 1.20 bits per heavy atom. The monoisotopic (exact) mass is 298 g/mol. The summed E-state index contributed by atoms with van der Waals surface area (Å²) in [6.07, 6.45) is 0. The van der Waals surface area contributed by atoms with E-state index in [0.717, 1.165) is 24.3 Å². The third kappa shape index (κ3) is 2.80. The van der Waals surface area contributed by atoms with Gasteiger partial charge in [-0.1, -0.05) is 11.6 Å². The fourth-order valence-corrected chi connectivity index (χ4v) is 1.77. The molecule has 0 aliphatic rings. The molecule has 0 spiro atoms. The third-order valence-corrected chi connectivity index (χ3v) is 2.90. The fraction of sp³-hybridized carbons (Fsp3) is 0. The second kappa shape index (κ2) is 5.34. The van der Waals surface area contributed by atoms with Gasteiger partial charge in [-0.05, 0) is 30.3 Å². The van der Waals surface area contributed by atoms with Crippen LogP contribution < -0.4 is 11.1 Å². The number of benzene rings is 2. The summed E-state index contributed by atoms with van der Waals surface area (Å²) in [4.78, 5) is 10.9. The van der Waals surface area contributed by atoms with E-state index in [-0.39, 0.29) is 27.6 Å². The second-order valence-corrected chi connectivity index (χ2v) is 4.38. The van der Waals surface area contributed by atoms with E-state index >= 15 is 0 Å². The summed E-state index contributed by atoms with van der Waals surface area (Å²) >= 11 is 5.84. The second-order valence-electron chi connectivity index (χ2n) is 3.97. The van der Waals surface area contributed by atoms with Crippen molar-refractivity contribution in [3.63, 3.8) is 0 Å². The van der Waals surface area contributed by atoms with Crippen LogP contribution in [0.3, 0.4) is 0 Å². The average molecular weight is 299 g/mol. The van der Waals surface area contributed by atoms with Crippen molar-refractivity contribution < 1.29 is 18.7 Å². The van der Waals surface area contributed by atoms with Gasteiger partial charge in [0, 0.05) is 5.69 Å². The van der Waals surface area contributed by atoms with E-state index in [4.69, 9.17) is 22.4 Å². The van der Waals surface area contributed by atoms with Crippen LogP contribution in [0.2, 0.25) is 5.02 Å². The summed E-state index contributed by atoms with van der Waals surface area (Å²) < 4.78 is 26.9. The highest BCUT2D eigenvalue weighted by molar-refractivity contribution is 6.33. The Bertz CT molecular complexity index is 692. The van der Waals surface area contributed by atoms with E-state index in [2.05, 4.69) is 5.32 Å². The molecule has 0 amide bonds. The molecule has 2 aromatic rings. The predicted molar refractivity (Wildman–Crippen MR) is 72.5 cm³/mol. The molecular formula is C13H9ClF2N2O2. The van der Waals surface area contributed by atoms with Crippen molar-refractivity contribution in [3.8, 4) is 0 Å². The first-order chi connectivity index (χ1) is 9.38. The quantitative estimate of drug-likeness (QED) is 0.756. The number of carboxylic acid groups (broad SMARTS) is 1. The Morgan fingerprint density at radius 2 is 1.90 bits per heavy atom. The Balaban J connectivity index is 2.45. The molecule has 0 saturated heterocycles.